The van der Waals surface area contributed by atoms with Crippen molar-refractivity contribution in [2.75, 3.05) is 25.7 Å². The Balaban J connectivity index is 2.01. The molecule has 0 aliphatic heterocycles. The largest absolute Gasteiger partial charge is 0.493 e. The van der Waals surface area contributed by atoms with Crippen molar-refractivity contribution in [3.05, 3.63) is 65.2 Å². The highest BCUT2D eigenvalue weighted by atomic mass is 32.2. The van der Waals surface area contributed by atoms with Gasteiger partial charge in [0, 0.05) is 28.5 Å². The number of esters is 1. The lowest BCUT2D eigenvalue weighted by atomic mass is 9.95. The number of benzene rings is 2. The molecule has 8 nitrogen and oxygen atoms in total. The first-order chi connectivity index (χ1) is 15.4. The highest BCUT2D eigenvalue weighted by Crippen LogP contribution is 2.13. The van der Waals surface area contributed by atoms with Gasteiger partial charge in [-0.3, -0.25) is 4.79 Å². The van der Waals surface area contributed by atoms with Crippen LogP contribution in [0, 0.1) is 11.8 Å². The molecule has 0 radical (unpaired) electrons. The molecule has 33 heavy (non-hydrogen) atoms. The van der Waals surface area contributed by atoms with Crippen LogP contribution in [0.4, 0.5) is 0 Å². The van der Waals surface area contributed by atoms with E-state index in [1.54, 1.807) is 62.4 Å². The van der Waals surface area contributed by atoms with Gasteiger partial charge in [0.1, 0.15) is 18.4 Å². The zero-order chi connectivity index (χ0) is 24.6. The summed E-state index contributed by atoms with van der Waals surface area (Å²) in [5.41, 5.74) is 6.79. The van der Waals surface area contributed by atoms with E-state index in [4.69, 9.17) is 15.2 Å². The number of methoxy groups -OCH3 is 1. The van der Waals surface area contributed by atoms with E-state index in [0.29, 0.717) is 16.9 Å². The van der Waals surface area contributed by atoms with Crippen LogP contribution in [-0.2, 0) is 19.4 Å². The van der Waals surface area contributed by atoms with Crippen molar-refractivity contribution in [2.45, 2.75) is 25.4 Å². The molecule has 0 spiro atoms. The normalized spacial score (nSPS) is 12.2. The smallest absolute Gasteiger partial charge is 0.330 e. The van der Waals surface area contributed by atoms with Crippen molar-refractivity contribution in [1.82, 2.24) is 5.32 Å². The predicted octanol–water partition coefficient (Wildman–Crippen LogP) is 1.52. The fraction of sp³-hybridized carbons (Fsp3) is 0.333. The van der Waals surface area contributed by atoms with Crippen molar-refractivity contribution in [3.8, 4) is 17.6 Å². The standard InChI is InChI=1S/C24H28N2O6S/c1-24(2,25)21(23(28)31-3)26-22(27)19-11-7-17(8-12-19)5-6-18-9-13-20(14-10-18)32-15-16-33(4,29)30/h7-14,21H,15-16,25H2,1-4H3,(H,26,27). The average Bonchev–Trinajstić information content (AvgIpc) is 2.75. The Morgan fingerprint density at radius 3 is 2.00 bits per heavy atom. The van der Waals surface area contributed by atoms with E-state index in [2.05, 4.69) is 17.2 Å². The number of hydrogen-bond acceptors (Lipinski definition) is 7. The molecule has 0 saturated heterocycles. The van der Waals surface area contributed by atoms with Gasteiger partial charge < -0.3 is 20.5 Å². The van der Waals surface area contributed by atoms with E-state index in [1.165, 1.54) is 7.11 Å². The lowest BCUT2D eigenvalue weighted by Crippen LogP contribution is -2.59. The molecule has 0 bridgehead atoms. The Hall–Kier alpha value is -3.35. The molecule has 2 rings (SSSR count). The van der Waals surface area contributed by atoms with Gasteiger partial charge in [0.05, 0.1) is 12.9 Å². The molecule has 3 N–H and O–H groups in total. The average molecular weight is 473 g/mol. The second kappa shape index (κ2) is 11.0. The number of nitrogens with one attached hydrogen (secondary N) is 1. The highest BCUT2D eigenvalue weighted by Gasteiger charge is 2.34. The van der Waals surface area contributed by atoms with Gasteiger partial charge in [-0.25, -0.2) is 13.2 Å². The summed E-state index contributed by atoms with van der Waals surface area (Å²) in [7, 11) is -1.83. The van der Waals surface area contributed by atoms with E-state index in [-0.39, 0.29) is 12.4 Å². The van der Waals surface area contributed by atoms with Gasteiger partial charge in [-0.05, 0) is 62.4 Å². The molecular weight excluding hydrogens is 444 g/mol. The summed E-state index contributed by atoms with van der Waals surface area (Å²) in [4.78, 5) is 24.5. The first-order valence-electron chi connectivity index (χ1n) is 10.1. The van der Waals surface area contributed by atoms with Crippen molar-refractivity contribution >= 4 is 21.7 Å². The predicted molar refractivity (Wildman–Crippen MR) is 126 cm³/mol. The van der Waals surface area contributed by atoms with Crippen LogP contribution in [-0.4, -0.2) is 57.6 Å². The van der Waals surface area contributed by atoms with Gasteiger partial charge in [-0.2, -0.15) is 0 Å². The third-order valence-corrected chi connectivity index (χ3v) is 5.44. The number of hydrogen-bond donors (Lipinski definition) is 2. The van der Waals surface area contributed by atoms with Gasteiger partial charge >= 0.3 is 5.97 Å². The zero-order valence-electron chi connectivity index (χ0n) is 19.0. The number of ether oxygens (including phenoxy) is 2. The van der Waals surface area contributed by atoms with Crippen LogP contribution in [0.25, 0.3) is 0 Å². The number of sulfone groups is 1. The van der Waals surface area contributed by atoms with Crippen LogP contribution < -0.4 is 15.8 Å². The van der Waals surface area contributed by atoms with Crippen LogP contribution in [0.15, 0.2) is 48.5 Å². The lowest BCUT2D eigenvalue weighted by molar-refractivity contribution is -0.144. The first kappa shape index (κ1) is 25.9. The van der Waals surface area contributed by atoms with Crippen LogP contribution >= 0.6 is 0 Å². The highest BCUT2D eigenvalue weighted by molar-refractivity contribution is 7.90. The van der Waals surface area contributed by atoms with Gasteiger partial charge in [-0.1, -0.05) is 11.8 Å². The van der Waals surface area contributed by atoms with Crippen LogP contribution in [0.2, 0.25) is 0 Å². The molecule has 1 atom stereocenters. The summed E-state index contributed by atoms with van der Waals surface area (Å²) in [5, 5.41) is 2.61. The molecule has 0 saturated carbocycles. The molecule has 1 unspecified atom stereocenters. The van der Waals surface area contributed by atoms with E-state index < -0.39 is 33.3 Å². The molecule has 0 aromatic heterocycles. The van der Waals surface area contributed by atoms with Gasteiger partial charge in [-0.15, -0.1) is 0 Å². The molecular formula is C24H28N2O6S. The molecule has 1 amide bonds. The Morgan fingerprint density at radius 1 is 1.03 bits per heavy atom. The maximum atomic E-state index is 12.5. The zero-order valence-corrected chi connectivity index (χ0v) is 19.9. The van der Waals surface area contributed by atoms with Crippen LogP contribution in [0.1, 0.15) is 35.3 Å². The Bertz CT molecular complexity index is 1140. The van der Waals surface area contributed by atoms with E-state index in [0.717, 1.165) is 11.8 Å². The third-order valence-electron chi connectivity index (χ3n) is 4.53. The summed E-state index contributed by atoms with van der Waals surface area (Å²) < 4.78 is 32.4. The monoisotopic (exact) mass is 472 g/mol. The topological polar surface area (TPSA) is 125 Å². The molecule has 0 fully saturated rings. The fourth-order valence-corrected chi connectivity index (χ4v) is 3.06. The first-order valence-corrected chi connectivity index (χ1v) is 12.2. The number of carbonyl (C=O) groups is 2. The molecule has 0 aliphatic carbocycles. The second-order valence-corrected chi connectivity index (χ2v) is 10.3. The maximum absolute atomic E-state index is 12.5. The summed E-state index contributed by atoms with van der Waals surface area (Å²) in [6, 6.07) is 12.6. The molecule has 176 valence electrons. The van der Waals surface area contributed by atoms with Crippen LogP contribution in [0.3, 0.4) is 0 Å². The summed E-state index contributed by atoms with van der Waals surface area (Å²) in [6.07, 6.45) is 1.16. The Morgan fingerprint density at radius 2 is 1.55 bits per heavy atom. The molecule has 9 heteroatoms. The van der Waals surface area contributed by atoms with Crippen molar-refractivity contribution in [2.24, 2.45) is 5.73 Å². The van der Waals surface area contributed by atoms with Gasteiger partial charge in [0.15, 0.2) is 9.84 Å². The summed E-state index contributed by atoms with van der Waals surface area (Å²) >= 11 is 0. The van der Waals surface area contributed by atoms with Gasteiger partial charge in [0.2, 0.25) is 0 Å². The molecule has 2 aromatic rings. The van der Waals surface area contributed by atoms with E-state index in [9.17, 15) is 18.0 Å². The van der Waals surface area contributed by atoms with Crippen molar-refractivity contribution in [3.63, 3.8) is 0 Å². The minimum Gasteiger partial charge on any atom is -0.493 e. The van der Waals surface area contributed by atoms with E-state index in [1.807, 2.05) is 0 Å². The molecule has 2 aromatic carbocycles. The summed E-state index contributed by atoms with van der Waals surface area (Å²) in [6.45, 7) is 3.34. The second-order valence-electron chi connectivity index (χ2n) is 8.08. The fourth-order valence-electron chi connectivity index (χ4n) is 2.68. The quantitative estimate of drug-likeness (QED) is 0.441. The Labute approximate surface area is 194 Å². The van der Waals surface area contributed by atoms with E-state index >= 15 is 0 Å². The minimum atomic E-state index is -3.07. The maximum Gasteiger partial charge on any atom is 0.330 e. The van der Waals surface area contributed by atoms with Crippen LogP contribution in [0.5, 0.6) is 5.75 Å². The number of carbonyl (C=O) groups excluding carboxylic acids is 2. The number of amides is 1. The minimum absolute atomic E-state index is 0.0457. The lowest BCUT2D eigenvalue weighted by Gasteiger charge is -2.28. The Kier molecular flexibility index (Phi) is 8.63. The molecule has 0 heterocycles. The third kappa shape index (κ3) is 8.60. The van der Waals surface area contributed by atoms with Gasteiger partial charge in [0.25, 0.3) is 5.91 Å². The SMILES string of the molecule is COC(=O)C(NC(=O)c1ccc(C#Cc2ccc(OCCS(C)(=O)=O)cc2)cc1)C(C)(C)N. The van der Waals surface area contributed by atoms with Crippen molar-refractivity contribution < 1.29 is 27.5 Å². The van der Waals surface area contributed by atoms with Crippen molar-refractivity contribution in [1.29, 1.82) is 0 Å². The molecule has 0 aliphatic rings. The number of nitrogens with two attached hydrogens (primary N) is 1. The number of rotatable bonds is 8. The summed E-state index contributed by atoms with van der Waals surface area (Å²) in [5.74, 6) is 5.46.